The van der Waals surface area contributed by atoms with E-state index < -0.39 is 0 Å². The summed E-state index contributed by atoms with van der Waals surface area (Å²) in [4.78, 5) is 8.76. The fraction of sp³-hybridized carbons (Fsp3) is 0.143. The van der Waals surface area contributed by atoms with Crippen LogP contribution in [0.3, 0.4) is 0 Å². The van der Waals surface area contributed by atoms with Gasteiger partial charge in [-0.1, -0.05) is 18.2 Å². The van der Waals surface area contributed by atoms with Gasteiger partial charge in [0.15, 0.2) is 5.65 Å². The number of nitrogen functional groups attached to an aromatic ring is 1. The molecule has 0 spiro atoms. The molecule has 5 heteroatoms. The number of ether oxygens (including phenoxy) is 1. The lowest BCUT2D eigenvalue weighted by molar-refractivity contribution is 0.399. The third-order valence-corrected chi connectivity index (χ3v) is 3.07. The predicted octanol–water partition coefficient (Wildman–Crippen LogP) is 2.32. The number of aromatic nitrogens is 3. The molecule has 0 aliphatic carbocycles. The first-order valence-electron chi connectivity index (χ1n) is 5.95. The van der Waals surface area contributed by atoms with Gasteiger partial charge in [0.2, 0.25) is 11.8 Å². The minimum atomic E-state index is 0.421. The lowest BCUT2D eigenvalue weighted by Crippen LogP contribution is -2.03. The molecule has 2 aromatic heterocycles. The van der Waals surface area contributed by atoms with Gasteiger partial charge in [-0.25, -0.2) is 4.98 Å². The summed E-state index contributed by atoms with van der Waals surface area (Å²) < 4.78 is 7.00. The molecular formula is C14H14N4O. The monoisotopic (exact) mass is 254 g/mol. The number of pyridine rings is 1. The molecule has 0 radical (unpaired) electrons. The van der Waals surface area contributed by atoms with E-state index in [4.69, 9.17) is 10.5 Å². The Balaban J connectivity index is 2.34. The Morgan fingerprint density at radius 1 is 1.11 bits per heavy atom. The molecule has 0 unspecified atom stereocenters. The number of aryl methyl sites for hydroxylation is 1. The van der Waals surface area contributed by atoms with E-state index in [1.807, 2.05) is 41.8 Å². The molecule has 0 atom stereocenters. The summed E-state index contributed by atoms with van der Waals surface area (Å²) in [6, 6.07) is 11.6. The van der Waals surface area contributed by atoms with Crippen LogP contribution in [0.15, 0.2) is 36.4 Å². The summed E-state index contributed by atoms with van der Waals surface area (Å²) in [5.74, 6) is 0.965. The van der Waals surface area contributed by atoms with Crippen molar-refractivity contribution in [2.45, 2.75) is 6.92 Å². The van der Waals surface area contributed by atoms with Crippen LogP contribution >= 0.6 is 0 Å². The van der Waals surface area contributed by atoms with Crippen LogP contribution in [0, 0.1) is 6.92 Å². The molecule has 0 aliphatic heterocycles. The molecule has 0 aliphatic rings. The topological polar surface area (TPSA) is 66.0 Å². The summed E-state index contributed by atoms with van der Waals surface area (Å²) in [6.45, 7) is 2.03. The first kappa shape index (κ1) is 11.5. The van der Waals surface area contributed by atoms with Crippen LogP contribution in [-0.4, -0.2) is 21.6 Å². The number of para-hydroxylation sites is 1. The zero-order chi connectivity index (χ0) is 13.4. The molecule has 3 aromatic rings. The maximum absolute atomic E-state index is 6.02. The van der Waals surface area contributed by atoms with Gasteiger partial charge in [0.1, 0.15) is 5.52 Å². The number of fused-ring (bicyclic) bond motifs is 1. The molecule has 0 bridgehead atoms. The molecule has 3 rings (SSSR count). The molecule has 0 amide bonds. The predicted molar refractivity (Wildman–Crippen MR) is 74.6 cm³/mol. The molecule has 0 fully saturated rings. The molecule has 19 heavy (non-hydrogen) atoms. The highest BCUT2D eigenvalue weighted by Crippen LogP contribution is 2.25. The standard InChI is InChI=1S/C14H14N4O/c1-9-5-3-4-6-11(9)18-13-10(16-14(18)15)7-8-12(17-13)19-2/h3-8H,1-2H3,(H2,15,16). The smallest absolute Gasteiger partial charge is 0.215 e. The van der Waals surface area contributed by atoms with E-state index in [0.717, 1.165) is 16.8 Å². The third-order valence-electron chi connectivity index (χ3n) is 3.07. The van der Waals surface area contributed by atoms with Crippen LogP contribution in [0.2, 0.25) is 0 Å². The fourth-order valence-corrected chi connectivity index (χ4v) is 2.12. The Labute approximate surface area is 110 Å². The highest BCUT2D eigenvalue weighted by Gasteiger charge is 2.13. The van der Waals surface area contributed by atoms with Crippen LogP contribution in [0.1, 0.15) is 5.56 Å². The minimum Gasteiger partial charge on any atom is -0.481 e. The van der Waals surface area contributed by atoms with E-state index in [2.05, 4.69) is 9.97 Å². The van der Waals surface area contributed by atoms with Crippen LogP contribution < -0.4 is 10.5 Å². The number of imidazole rings is 1. The van der Waals surface area contributed by atoms with Crippen LogP contribution in [0.25, 0.3) is 16.9 Å². The second kappa shape index (κ2) is 4.28. The molecule has 5 nitrogen and oxygen atoms in total. The van der Waals surface area contributed by atoms with Crippen LogP contribution in [0.4, 0.5) is 5.95 Å². The average molecular weight is 254 g/mol. The van der Waals surface area contributed by atoms with Crippen molar-refractivity contribution in [1.82, 2.24) is 14.5 Å². The number of hydrogen-bond acceptors (Lipinski definition) is 4. The van der Waals surface area contributed by atoms with Gasteiger partial charge in [0.25, 0.3) is 0 Å². The summed E-state index contributed by atoms with van der Waals surface area (Å²) in [7, 11) is 1.59. The fourth-order valence-electron chi connectivity index (χ4n) is 2.12. The van der Waals surface area contributed by atoms with Gasteiger partial charge in [-0.05, 0) is 24.6 Å². The van der Waals surface area contributed by atoms with Gasteiger partial charge in [-0.2, -0.15) is 4.98 Å². The summed E-state index contributed by atoms with van der Waals surface area (Å²) in [5, 5.41) is 0. The van der Waals surface area contributed by atoms with Gasteiger partial charge < -0.3 is 10.5 Å². The Hall–Kier alpha value is -2.56. The molecule has 2 N–H and O–H groups in total. The second-order valence-corrected chi connectivity index (χ2v) is 4.29. The number of methoxy groups -OCH3 is 1. The summed E-state index contributed by atoms with van der Waals surface area (Å²) >= 11 is 0. The van der Waals surface area contributed by atoms with Crippen molar-refractivity contribution >= 4 is 17.1 Å². The first-order chi connectivity index (χ1) is 9.20. The molecule has 0 saturated heterocycles. The van der Waals surface area contributed by atoms with Crippen LogP contribution in [0.5, 0.6) is 5.88 Å². The average Bonchev–Trinajstić information content (AvgIpc) is 2.74. The third kappa shape index (κ3) is 1.79. The van der Waals surface area contributed by atoms with Gasteiger partial charge in [0.05, 0.1) is 12.8 Å². The van der Waals surface area contributed by atoms with Crippen molar-refractivity contribution in [3.8, 4) is 11.6 Å². The van der Waals surface area contributed by atoms with E-state index in [1.165, 1.54) is 0 Å². The number of rotatable bonds is 2. The lowest BCUT2D eigenvalue weighted by atomic mass is 10.2. The van der Waals surface area contributed by atoms with Gasteiger partial charge in [-0.15, -0.1) is 0 Å². The second-order valence-electron chi connectivity index (χ2n) is 4.29. The molecular weight excluding hydrogens is 240 g/mol. The van der Waals surface area contributed by atoms with Gasteiger partial charge in [0, 0.05) is 6.07 Å². The van der Waals surface area contributed by atoms with Crippen molar-refractivity contribution < 1.29 is 4.74 Å². The maximum atomic E-state index is 6.02. The number of nitrogens with two attached hydrogens (primary N) is 1. The summed E-state index contributed by atoms with van der Waals surface area (Å²) in [6.07, 6.45) is 0. The quantitative estimate of drug-likeness (QED) is 0.762. The number of hydrogen-bond donors (Lipinski definition) is 1. The molecule has 1 aromatic carbocycles. The number of nitrogens with zero attached hydrogens (tertiary/aromatic N) is 3. The van der Waals surface area contributed by atoms with E-state index in [9.17, 15) is 0 Å². The van der Waals surface area contributed by atoms with Gasteiger partial charge >= 0.3 is 0 Å². The molecule has 0 saturated carbocycles. The summed E-state index contributed by atoms with van der Waals surface area (Å²) in [5.41, 5.74) is 9.55. The van der Waals surface area contributed by atoms with Gasteiger partial charge in [-0.3, -0.25) is 4.57 Å². The Bertz CT molecular complexity index is 748. The Morgan fingerprint density at radius 2 is 1.89 bits per heavy atom. The maximum Gasteiger partial charge on any atom is 0.215 e. The van der Waals surface area contributed by atoms with E-state index in [0.29, 0.717) is 17.5 Å². The highest BCUT2D eigenvalue weighted by molar-refractivity contribution is 5.78. The van der Waals surface area contributed by atoms with Crippen LogP contribution in [-0.2, 0) is 0 Å². The lowest BCUT2D eigenvalue weighted by Gasteiger charge is -2.09. The van der Waals surface area contributed by atoms with Crippen molar-refractivity contribution in [1.29, 1.82) is 0 Å². The van der Waals surface area contributed by atoms with Crippen molar-refractivity contribution in [2.24, 2.45) is 0 Å². The zero-order valence-corrected chi connectivity index (χ0v) is 10.8. The Kier molecular flexibility index (Phi) is 2.59. The minimum absolute atomic E-state index is 0.421. The highest BCUT2D eigenvalue weighted by atomic mass is 16.5. The van der Waals surface area contributed by atoms with E-state index >= 15 is 0 Å². The first-order valence-corrected chi connectivity index (χ1v) is 5.95. The SMILES string of the molecule is COc1ccc2nc(N)n(-c3ccccc3C)c2n1. The molecule has 2 heterocycles. The zero-order valence-electron chi connectivity index (χ0n) is 10.8. The number of benzene rings is 1. The van der Waals surface area contributed by atoms with Crippen molar-refractivity contribution in [3.05, 3.63) is 42.0 Å². The van der Waals surface area contributed by atoms with Crippen molar-refractivity contribution in [2.75, 3.05) is 12.8 Å². The largest absolute Gasteiger partial charge is 0.481 e. The molecule has 96 valence electrons. The number of anilines is 1. The van der Waals surface area contributed by atoms with Crippen molar-refractivity contribution in [3.63, 3.8) is 0 Å². The van der Waals surface area contributed by atoms with E-state index in [-0.39, 0.29) is 0 Å². The Morgan fingerprint density at radius 3 is 2.63 bits per heavy atom. The van der Waals surface area contributed by atoms with E-state index in [1.54, 1.807) is 13.2 Å². The normalized spacial score (nSPS) is 10.8.